The first-order valence-electron chi connectivity index (χ1n) is 17.0. The van der Waals surface area contributed by atoms with Gasteiger partial charge in [-0.25, -0.2) is 15.4 Å². The number of benzene rings is 3. The number of urea groups is 1. The smallest absolute Gasteiger partial charge is 0.336 e. The largest absolute Gasteiger partial charge is 0.507 e. The number of nitrogens with one attached hydrogen (secondary N) is 5. The average molecular weight is 895 g/mol. The molecule has 3 aromatic rings. The van der Waals surface area contributed by atoms with Crippen LogP contribution in [-0.2, 0) is 9.59 Å². The Morgan fingerprint density at radius 2 is 1.60 bits per heavy atom. The molecule has 5 amide bonds. The zero-order chi connectivity index (χ0) is 39.4. The van der Waals surface area contributed by atoms with E-state index in [1.54, 1.807) is 36.0 Å². The number of thioether (sulfide) groups is 1. The molecule has 0 aromatic heterocycles. The molecule has 2 saturated heterocycles. The molecule has 6 rings (SSSR count). The first-order chi connectivity index (χ1) is 26.3. The molecule has 55 heavy (non-hydrogen) atoms. The molecule has 2 heterocycles. The first kappa shape index (κ1) is 39.5. The quantitative estimate of drug-likeness (QED) is 0.0370. The van der Waals surface area contributed by atoms with E-state index in [0.29, 0.717) is 27.6 Å². The highest BCUT2D eigenvalue weighted by Gasteiger charge is 2.42. The third-order valence-electron chi connectivity index (χ3n) is 9.19. The molecule has 3 unspecified atom stereocenters. The number of carbonyl (C=O) groups excluding carboxylic acids is 5. The molecule has 3 aromatic carbocycles. The number of aromatic hydroxyl groups is 1. The summed E-state index contributed by atoms with van der Waals surface area (Å²) in [6, 6.07) is 13.1. The summed E-state index contributed by atoms with van der Waals surface area (Å²) in [5.41, 5.74) is 3.85. The van der Waals surface area contributed by atoms with E-state index < -0.39 is 17.8 Å². The van der Waals surface area contributed by atoms with Crippen LogP contribution in [0.5, 0.6) is 5.75 Å². The Morgan fingerprint density at radius 1 is 0.855 bits per heavy atom. The lowest BCUT2D eigenvalue weighted by Crippen LogP contribution is -2.36. The molecular formula is C38H34Br2N6O8S. The number of halogens is 2. The number of aromatic carboxylic acids is 1. The lowest BCUT2D eigenvalue weighted by Gasteiger charge is -2.18. The fourth-order valence-corrected chi connectivity index (χ4v) is 8.87. The molecule has 0 saturated carbocycles. The van der Waals surface area contributed by atoms with Crippen LogP contribution in [0, 0.1) is 0 Å². The summed E-state index contributed by atoms with van der Waals surface area (Å²) in [6.07, 6.45) is 6.87. The molecule has 3 atom stereocenters. The number of unbranched alkanes of at least 4 members (excludes halogenated alkanes) is 1. The predicted molar refractivity (Wildman–Crippen MR) is 215 cm³/mol. The zero-order valence-electron chi connectivity index (χ0n) is 28.8. The van der Waals surface area contributed by atoms with Crippen molar-refractivity contribution in [2.45, 2.75) is 43.0 Å². The Bertz CT molecular complexity index is 2220. The fraction of sp³-hybridized carbons (Fsp3) is 0.211. The maximum Gasteiger partial charge on any atom is 0.336 e. The Balaban J connectivity index is 1.20. The van der Waals surface area contributed by atoms with Gasteiger partial charge in [-0.3, -0.25) is 24.6 Å². The summed E-state index contributed by atoms with van der Waals surface area (Å²) in [4.78, 5) is 75.6. The molecule has 0 radical (unpaired) electrons. The lowest BCUT2D eigenvalue weighted by molar-refractivity contribution is -0.116. The highest BCUT2D eigenvalue weighted by molar-refractivity contribution is 9.12. The number of nitrogens with two attached hydrogens (primary N) is 1. The summed E-state index contributed by atoms with van der Waals surface area (Å²) in [7, 11) is 0. The number of carbonyl (C=O) groups is 6. The second kappa shape index (κ2) is 17.1. The number of rotatable bonds is 12. The normalized spacial score (nSPS) is 19.5. The predicted octanol–water partition coefficient (Wildman–Crippen LogP) is 5.59. The van der Waals surface area contributed by atoms with Crippen LogP contribution in [0.15, 0.2) is 87.4 Å². The number of amides is 5. The van der Waals surface area contributed by atoms with Crippen molar-refractivity contribution in [3.63, 3.8) is 0 Å². The SMILES string of the molecule is NNC(=O)c1cc(NC(=O)CCCCC2SCC3NC(=O)NC32)cc(NC(=O)c2ccc(/C(=C3/C=CC(=O)C(Br)=C3)c3ccc(O)c(Br)c3)c(C(=O)O)c2)c1. The number of allylic oxidation sites excluding steroid dienone is 5. The minimum Gasteiger partial charge on any atom is -0.507 e. The van der Waals surface area contributed by atoms with Crippen molar-refractivity contribution in [3.05, 3.63) is 115 Å². The maximum absolute atomic E-state index is 13.6. The molecule has 0 bridgehead atoms. The summed E-state index contributed by atoms with van der Waals surface area (Å²) in [5.74, 6) is 2.90. The fourth-order valence-electron chi connectivity index (χ4n) is 6.56. The van der Waals surface area contributed by atoms with Gasteiger partial charge in [0.25, 0.3) is 11.8 Å². The van der Waals surface area contributed by atoms with Gasteiger partial charge in [0.1, 0.15) is 5.75 Å². The van der Waals surface area contributed by atoms with Crippen LogP contribution in [0.25, 0.3) is 5.57 Å². The number of carboxylic acid groups (broad SMARTS) is 1. The van der Waals surface area contributed by atoms with Gasteiger partial charge in [0.15, 0.2) is 5.78 Å². The summed E-state index contributed by atoms with van der Waals surface area (Å²) >= 11 is 8.36. The summed E-state index contributed by atoms with van der Waals surface area (Å²) in [6.45, 7) is 0. The number of phenols is 1. The van der Waals surface area contributed by atoms with E-state index >= 15 is 0 Å². The molecule has 9 N–H and O–H groups in total. The minimum atomic E-state index is -1.33. The molecule has 17 heteroatoms. The number of hydrogen-bond donors (Lipinski definition) is 8. The van der Waals surface area contributed by atoms with Gasteiger partial charge >= 0.3 is 12.0 Å². The van der Waals surface area contributed by atoms with Crippen LogP contribution in [0.1, 0.15) is 67.9 Å². The van der Waals surface area contributed by atoms with Crippen LogP contribution in [0.4, 0.5) is 16.2 Å². The van der Waals surface area contributed by atoms with Crippen molar-refractivity contribution in [2.24, 2.45) is 5.84 Å². The lowest BCUT2D eigenvalue weighted by atomic mass is 9.87. The van der Waals surface area contributed by atoms with E-state index in [9.17, 15) is 39.0 Å². The van der Waals surface area contributed by atoms with E-state index in [-0.39, 0.29) is 85.3 Å². The van der Waals surface area contributed by atoms with Crippen LogP contribution in [-0.4, -0.2) is 68.8 Å². The highest BCUT2D eigenvalue weighted by atomic mass is 79.9. The molecule has 284 valence electrons. The number of ketones is 1. The van der Waals surface area contributed by atoms with Gasteiger partial charge in [-0.2, -0.15) is 11.8 Å². The molecule has 2 aliphatic heterocycles. The standard InChI is InChI=1S/C38H34Br2N6O8S/c39-26-14-18(6-9-29(26)47)33(19-7-10-30(48)27(40)15-19)24-8-5-20(13-25(24)37(52)53)35(50)43-23-12-21(36(51)46-41)11-22(16-23)42-32(49)4-2-1-3-31-34-28(17-55-31)44-38(54)45-34/h5-16,28,31,34,47H,1-4,17,41H2,(H,42,49)(H,43,50)(H,46,51)(H,52,53)(H2,44,45,54)/b33-19-. The van der Waals surface area contributed by atoms with E-state index in [1.165, 1.54) is 48.5 Å². The molecule has 3 aliphatic rings. The Kier molecular flexibility index (Phi) is 12.2. The van der Waals surface area contributed by atoms with Gasteiger partial charge in [0.05, 0.1) is 26.6 Å². The van der Waals surface area contributed by atoms with Crippen LogP contribution < -0.4 is 32.5 Å². The summed E-state index contributed by atoms with van der Waals surface area (Å²) < 4.78 is 0.608. The number of hydrogen-bond acceptors (Lipinski definition) is 9. The van der Waals surface area contributed by atoms with Gasteiger partial charge in [0, 0.05) is 39.9 Å². The number of carboxylic acids is 1. The second-order valence-corrected chi connectivity index (χ2v) is 15.9. The van der Waals surface area contributed by atoms with E-state index in [1.807, 2.05) is 5.43 Å². The van der Waals surface area contributed by atoms with Crippen LogP contribution >= 0.6 is 43.6 Å². The molecular weight excluding hydrogens is 860 g/mol. The van der Waals surface area contributed by atoms with Gasteiger partial charge in [0.2, 0.25) is 5.91 Å². The zero-order valence-corrected chi connectivity index (χ0v) is 32.8. The maximum atomic E-state index is 13.6. The van der Waals surface area contributed by atoms with Gasteiger partial charge < -0.3 is 31.5 Å². The minimum absolute atomic E-state index is 0.0255. The van der Waals surface area contributed by atoms with Crippen LogP contribution in [0.2, 0.25) is 0 Å². The van der Waals surface area contributed by atoms with Crippen molar-refractivity contribution in [1.29, 1.82) is 0 Å². The highest BCUT2D eigenvalue weighted by Crippen LogP contribution is 2.37. The van der Waals surface area contributed by atoms with Crippen LogP contribution in [0.3, 0.4) is 0 Å². The Labute approximate surface area is 335 Å². The first-order valence-corrected chi connectivity index (χ1v) is 19.6. The second-order valence-electron chi connectivity index (χ2n) is 12.9. The topological polar surface area (TPSA) is 229 Å². The Morgan fingerprint density at radius 3 is 2.31 bits per heavy atom. The third-order valence-corrected chi connectivity index (χ3v) is 12.0. The number of hydrazine groups is 1. The number of nitrogen functional groups attached to an aromatic ring is 1. The van der Waals surface area contributed by atoms with Crippen molar-refractivity contribution in [1.82, 2.24) is 16.1 Å². The molecule has 1 aliphatic carbocycles. The van der Waals surface area contributed by atoms with Crippen molar-refractivity contribution < 1.29 is 39.0 Å². The number of anilines is 2. The monoisotopic (exact) mass is 892 g/mol. The molecule has 14 nitrogen and oxygen atoms in total. The summed E-state index contributed by atoms with van der Waals surface area (Å²) in [5, 5.41) is 32.1. The number of fused-ring (bicyclic) bond motifs is 1. The van der Waals surface area contributed by atoms with Crippen molar-refractivity contribution >= 4 is 96.1 Å². The van der Waals surface area contributed by atoms with Gasteiger partial charge in [-0.05, 0) is 122 Å². The van der Waals surface area contributed by atoms with Crippen molar-refractivity contribution in [2.75, 3.05) is 16.4 Å². The van der Waals surface area contributed by atoms with Crippen molar-refractivity contribution in [3.8, 4) is 5.75 Å². The molecule has 2 fully saturated rings. The van der Waals surface area contributed by atoms with E-state index in [4.69, 9.17) is 5.84 Å². The van der Waals surface area contributed by atoms with Gasteiger partial charge in [-0.15, -0.1) is 0 Å². The Hall–Kier alpha value is -5.23. The third kappa shape index (κ3) is 9.19. The van der Waals surface area contributed by atoms with E-state index in [2.05, 4.69) is 53.1 Å². The van der Waals surface area contributed by atoms with Gasteiger partial charge in [-0.1, -0.05) is 24.6 Å². The molecule has 0 spiro atoms. The average Bonchev–Trinajstić information content (AvgIpc) is 3.71. The number of phenolic OH excluding ortho intramolecular Hbond substituents is 1. The van der Waals surface area contributed by atoms with E-state index in [0.717, 1.165) is 18.6 Å².